The van der Waals surface area contributed by atoms with E-state index in [1.165, 1.54) is 0 Å². The smallest absolute Gasteiger partial charge is 0.191 e. The normalized spacial score (nSPS) is 14.4. The molecule has 1 unspecified atom stereocenters. The van der Waals surface area contributed by atoms with E-state index in [0.717, 1.165) is 19.0 Å². The Morgan fingerprint density at radius 1 is 1.29 bits per heavy atom. The Morgan fingerprint density at radius 2 is 1.95 bits per heavy atom. The first kappa shape index (κ1) is 20.5. The zero-order valence-corrected chi connectivity index (χ0v) is 15.2. The Labute approximate surface area is 134 Å². The number of nitrogens with zero attached hydrogens (tertiary/aromatic N) is 1. The summed E-state index contributed by atoms with van der Waals surface area (Å²) in [4.78, 5) is 4.56. The lowest BCUT2D eigenvalue weighted by molar-refractivity contribution is 0.0280. The van der Waals surface area contributed by atoms with Gasteiger partial charge < -0.3 is 20.5 Å². The number of nitrogens with one attached hydrogen (secondary N) is 2. The summed E-state index contributed by atoms with van der Waals surface area (Å²) in [6.45, 7) is 13.5. The van der Waals surface area contributed by atoms with Crippen LogP contribution in [0, 0.1) is 5.92 Å². The SMILES string of the molecule is CCNC(=NCC(C)(C)SC)NCC(O)COCC(C)C. The van der Waals surface area contributed by atoms with Crippen molar-refractivity contribution in [1.82, 2.24) is 10.6 Å². The molecule has 0 fully saturated rings. The van der Waals surface area contributed by atoms with Crippen LogP contribution >= 0.6 is 11.8 Å². The van der Waals surface area contributed by atoms with Crippen molar-refractivity contribution in [3.8, 4) is 0 Å². The van der Waals surface area contributed by atoms with Crippen molar-refractivity contribution in [1.29, 1.82) is 0 Å². The molecule has 0 aliphatic rings. The van der Waals surface area contributed by atoms with Gasteiger partial charge in [-0.05, 0) is 32.9 Å². The second kappa shape index (κ2) is 11.2. The van der Waals surface area contributed by atoms with Gasteiger partial charge in [0, 0.05) is 24.4 Å². The van der Waals surface area contributed by atoms with Gasteiger partial charge in [0.2, 0.25) is 0 Å². The highest BCUT2D eigenvalue weighted by atomic mass is 32.2. The van der Waals surface area contributed by atoms with Crippen LogP contribution in [0.3, 0.4) is 0 Å². The molecule has 0 rings (SSSR count). The third-order valence-electron chi connectivity index (χ3n) is 2.78. The van der Waals surface area contributed by atoms with Gasteiger partial charge in [0.1, 0.15) is 0 Å². The highest BCUT2D eigenvalue weighted by Gasteiger charge is 2.15. The molecule has 0 spiro atoms. The predicted octanol–water partition coefficient (Wildman–Crippen LogP) is 1.72. The van der Waals surface area contributed by atoms with Crippen LogP contribution in [0.2, 0.25) is 0 Å². The molecule has 0 aromatic carbocycles. The van der Waals surface area contributed by atoms with Crippen LogP contribution in [0.15, 0.2) is 4.99 Å². The molecule has 6 heteroatoms. The van der Waals surface area contributed by atoms with Crippen molar-refractivity contribution in [2.75, 3.05) is 39.1 Å². The van der Waals surface area contributed by atoms with Gasteiger partial charge in [-0.1, -0.05) is 13.8 Å². The summed E-state index contributed by atoms with van der Waals surface area (Å²) in [5, 5.41) is 16.2. The quantitative estimate of drug-likeness (QED) is 0.423. The molecule has 0 aliphatic carbocycles. The number of hydrogen-bond donors (Lipinski definition) is 3. The maximum absolute atomic E-state index is 9.88. The van der Waals surface area contributed by atoms with Gasteiger partial charge in [-0.25, -0.2) is 0 Å². The first-order valence-electron chi connectivity index (χ1n) is 7.63. The highest BCUT2D eigenvalue weighted by molar-refractivity contribution is 7.99. The van der Waals surface area contributed by atoms with Gasteiger partial charge in [-0.3, -0.25) is 4.99 Å². The van der Waals surface area contributed by atoms with E-state index in [-0.39, 0.29) is 4.75 Å². The average molecular weight is 320 g/mol. The van der Waals surface area contributed by atoms with Gasteiger partial charge >= 0.3 is 0 Å². The van der Waals surface area contributed by atoms with Crippen molar-refractivity contribution in [2.45, 2.75) is 45.5 Å². The van der Waals surface area contributed by atoms with E-state index in [1.54, 1.807) is 11.8 Å². The third kappa shape index (κ3) is 11.8. The van der Waals surface area contributed by atoms with Gasteiger partial charge in [-0.15, -0.1) is 0 Å². The number of guanidine groups is 1. The lowest BCUT2D eigenvalue weighted by Crippen LogP contribution is -2.43. The fourth-order valence-electron chi connectivity index (χ4n) is 1.39. The number of rotatable bonds is 10. The molecule has 5 nitrogen and oxygen atoms in total. The predicted molar refractivity (Wildman–Crippen MR) is 93.2 cm³/mol. The van der Waals surface area contributed by atoms with Crippen LogP contribution in [-0.4, -0.2) is 61.0 Å². The van der Waals surface area contributed by atoms with E-state index in [1.807, 2.05) is 6.92 Å². The van der Waals surface area contributed by atoms with Crippen molar-refractivity contribution in [3.63, 3.8) is 0 Å². The van der Waals surface area contributed by atoms with Gasteiger partial charge in [0.25, 0.3) is 0 Å². The minimum atomic E-state index is -0.527. The molecule has 0 aliphatic heterocycles. The lowest BCUT2D eigenvalue weighted by Gasteiger charge is -2.21. The van der Waals surface area contributed by atoms with Crippen LogP contribution in [0.25, 0.3) is 0 Å². The fraction of sp³-hybridized carbons (Fsp3) is 0.933. The summed E-state index contributed by atoms with van der Waals surface area (Å²) in [5.74, 6) is 1.22. The monoisotopic (exact) mass is 319 g/mol. The zero-order chi connectivity index (χ0) is 16.3. The maximum Gasteiger partial charge on any atom is 0.191 e. The molecule has 3 N–H and O–H groups in total. The van der Waals surface area contributed by atoms with E-state index < -0.39 is 6.10 Å². The molecule has 0 aromatic heterocycles. The molecule has 0 saturated carbocycles. The first-order valence-corrected chi connectivity index (χ1v) is 8.86. The van der Waals surface area contributed by atoms with Crippen LogP contribution in [0.1, 0.15) is 34.6 Å². The summed E-state index contributed by atoms with van der Waals surface area (Å²) in [6.07, 6.45) is 1.56. The Morgan fingerprint density at radius 3 is 2.48 bits per heavy atom. The molecule has 0 bridgehead atoms. The van der Waals surface area contributed by atoms with Crippen molar-refractivity contribution in [3.05, 3.63) is 0 Å². The van der Waals surface area contributed by atoms with Crippen LogP contribution in [0.5, 0.6) is 0 Å². The second-order valence-corrected chi connectivity index (χ2v) is 7.64. The molecule has 126 valence electrons. The number of thioether (sulfide) groups is 1. The number of aliphatic imine (C=N–C) groups is 1. The minimum Gasteiger partial charge on any atom is -0.389 e. The largest absolute Gasteiger partial charge is 0.389 e. The Bertz CT molecular complexity index is 297. The van der Waals surface area contributed by atoms with E-state index in [0.29, 0.717) is 25.7 Å². The minimum absolute atomic E-state index is 0.112. The van der Waals surface area contributed by atoms with Gasteiger partial charge in [-0.2, -0.15) is 11.8 Å². The number of aliphatic hydroxyl groups excluding tert-OH is 1. The summed E-state index contributed by atoms with van der Waals surface area (Å²) in [5.41, 5.74) is 0. The van der Waals surface area contributed by atoms with Crippen molar-refractivity contribution in [2.24, 2.45) is 10.9 Å². The summed E-state index contributed by atoms with van der Waals surface area (Å²) < 4.78 is 5.54. The van der Waals surface area contributed by atoms with E-state index in [4.69, 9.17) is 4.74 Å². The lowest BCUT2D eigenvalue weighted by atomic mass is 10.2. The molecule has 21 heavy (non-hydrogen) atoms. The highest BCUT2D eigenvalue weighted by Crippen LogP contribution is 2.20. The van der Waals surface area contributed by atoms with Gasteiger partial charge in [0.15, 0.2) is 5.96 Å². The molecule has 0 aromatic rings. The Hall–Kier alpha value is -0.460. The zero-order valence-electron chi connectivity index (χ0n) is 14.4. The molecule has 0 radical (unpaired) electrons. The van der Waals surface area contributed by atoms with E-state index in [9.17, 15) is 5.11 Å². The maximum atomic E-state index is 9.88. The van der Waals surface area contributed by atoms with E-state index in [2.05, 4.69) is 49.6 Å². The molecule has 0 heterocycles. The number of aliphatic hydroxyl groups is 1. The number of ether oxygens (including phenoxy) is 1. The van der Waals surface area contributed by atoms with Crippen molar-refractivity contribution >= 4 is 17.7 Å². The molecule has 0 amide bonds. The molecular formula is C15H33N3O2S. The summed E-state index contributed by atoms with van der Waals surface area (Å²) >= 11 is 1.79. The van der Waals surface area contributed by atoms with Gasteiger partial charge in [0.05, 0.1) is 19.3 Å². The second-order valence-electron chi connectivity index (χ2n) is 6.13. The van der Waals surface area contributed by atoms with Crippen LogP contribution in [0.4, 0.5) is 0 Å². The molecule has 0 saturated heterocycles. The molecular weight excluding hydrogens is 286 g/mol. The summed E-state index contributed by atoms with van der Waals surface area (Å²) in [7, 11) is 0. The fourth-order valence-corrected chi connectivity index (χ4v) is 1.58. The average Bonchev–Trinajstić information content (AvgIpc) is 2.41. The Kier molecular flexibility index (Phi) is 10.9. The number of hydrogen-bond acceptors (Lipinski definition) is 4. The van der Waals surface area contributed by atoms with Crippen molar-refractivity contribution < 1.29 is 9.84 Å². The molecule has 1 atom stereocenters. The topological polar surface area (TPSA) is 65.9 Å². The standard InChI is InChI=1S/C15H33N3O2S/c1-7-16-14(18-11-15(4,5)21-6)17-8-13(19)10-20-9-12(2)3/h12-13,19H,7-11H2,1-6H3,(H2,16,17,18). The summed E-state index contributed by atoms with van der Waals surface area (Å²) in [6, 6.07) is 0. The van der Waals surface area contributed by atoms with Crippen LogP contribution in [-0.2, 0) is 4.74 Å². The van der Waals surface area contributed by atoms with Crippen LogP contribution < -0.4 is 10.6 Å². The third-order valence-corrected chi connectivity index (χ3v) is 4.02. The Balaban J connectivity index is 4.16. The first-order chi connectivity index (χ1) is 9.80. The van der Waals surface area contributed by atoms with E-state index >= 15 is 0 Å².